The molecule has 0 unspecified atom stereocenters. The molecule has 0 atom stereocenters. The van der Waals surface area contributed by atoms with E-state index in [1.54, 1.807) is 28.8 Å². The molecule has 0 amide bonds. The maximum Gasteiger partial charge on any atom is 0.259 e. The highest BCUT2D eigenvalue weighted by Crippen LogP contribution is 2.46. The number of methoxy groups -OCH3 is 2. The van der Waals surface area contributed by atoms with Gasteiger partial charge in [-0.2, -0.15) is 0 Å². The summed E-state index contributed by atoms with van der Waals surface area (Å²) in [5.74, 6) is 1.76. The number of likely N-dealkylation sites (N-methyl/N-ethyl adjacent to an activating group) is 1. The van der Waals surface area contributed by atoms with Crippen molar-refractivity contribution in [2.75, 3.05) is 47.8 Å². The van der Waals surface area contributed by atoms with Crippen molar-refractivity contribution < 1.29 is 28.8 Å². The minimum Gasteiger partial charge on any atom is -0.493 e. The smallest absolute Gasteiger partial charge is 0.259 e. The van der Waals surface area contributed by atoms with Crippen LogP contribution in [0.3, 0.4) is 0 Å². The maximum absolute atomic E-state index is 13.8. The third kappa shape index (κ3) is 3.39. The lowest BCUT2D eigenvalue weighted by atomic mass is 10.0. The Hall–Kier alpha value is -3.56. The van der Waals surface area contributed by atoms with Crippen molar-refractivity contribution in [2.24, 2.45) is 0 Å². The van der Waals surface area contributed by atoms with Gasteiger partial charge < -0.3 is 33.5 Å². The summed E-state index contributed by atoms with van der Waals surface area (Å²) >= 11 is 0. The van der Waals surface area contributed by atoms with Crippen LogP contribution < -0.4 is 24.5 Å². The van der Waals surface area contributed by atoms with Crippen molar-refractivity contribution in [3.63, 3.8) is 0 Å². The second-order valence-corrected chi connectivity index (χ2v) is 8.39. The fourth-order valence-corrected chi connectivity index (χ4v) is 4.74. The van der Waals surface area contributed by atoms with Crippen LogP contribution in [0.1, 0.15) is 22.3 Å². The Balaban J connectivity index is 1.73. The molecule has 0 radical (unpaired) electrons. The lowest BCUT2D eigenvalue weighted by Gasteiger charge is -2.19. The largest absolute Gasteiger partial charge is 0.493 e. The molecule has 178 valence electrons. The maximum atomic E-state index is 13.8. The third-order valence-corrected chi connectivity index (χ3v) is 6.42. The molecule has 0 saturated carbocycles. The Morgan fingerprint density at radius 1 is 0.971 bits per heavy atom. The van der Waals surface area contributed by atoms with Gasteiger partial charge >= 0.3 is 0 Å². The topological polar surface area (TPSA) is 99.5 Å². The SMILES string of the molecule is COc1cc2c3c(n(CCCN(C)CCO)c(=O)c2cc1OC)-c1cc2c(cc1C3=O)OCO2. The molecule has 5 rings (SSSR count). The molecular weight excluding hydrogens is 440 g/mol. The molecule has 1 N–H and O–H groups in total. The number of ketones is 1. The zero-order valence-corrected chi connectivity index (χ0v) is 19.3. The van der Waals surface area contributed by atoms with Gasteiger partial charge in [0.05, 0.1) is 37.5 Å². The Labute approximate surface area is 196 Å². The fraction of sp³-hybridized carbons (Fsp3) is 0.360. The highest BCUT2D eigenvalue weighted by molar-refractivity contribution is 6.27. The van der Waals surface area contributed by atoms with E-state index in [2.05, 4.69) is 0 Å². The van der Waals surface area contributed by atoms with Gasteiger partial charge in [-0.15, -0.1) is 0 Å². The van der Waals surface area contributed by atoms with Crippen molar-refractivity contribution in [1.29, 1.82) is 0 Å². The molecule has 9 heteroatoms. The van der Waals surface area contributed by atoms with Crippen molar-refractivity contribution in [2.45, 2.75) is 13.0 Å². The van der Waals surface area contributed by atoms with Crippen LogP contribution >= 0.6 is 0 Å². The third-order valence-electron chi connectivity index (χ3n) is 6.42. The van der Waals surface area contributed by atoms with E-state index in [9.17, 15) is 14.7 Å². The average Bonchev–Trinajstić information content (AvgIpc) is 3.41. The quantitative estimate of drug-likeness (QED) is 0.422. The molecule has 0 bridgehead atoms. The molecule has 0 saturated heterocycles. The van der Waals surface area contributed by atoms with Crippen molar-refractivity contribution >= 4 is 16.6 Å². The highest BCUT2D eigenvalue weighted by Gasteiger charge is 2.35. The van der Waals surface area contributed by atoms with Gasteiger partial charge in [0.2, 0.25) is 6.79 Å². The van der Waals surface area contributed by atoms with Gasteiger partial charge in [0.1, 0.15) is 0 Å². The number of benzene rings is 2. The van der Waals surface area contributed by atoms with E-state index in [0.717, 1.165) is 0 Å². The number of aromatic nitrogens is 1. The van der Waals surface area contributed by atoms with E-state index in [1.807, 2.05) is 11.9 Å². The summed E-state index contributed by atoms with van der Waals surface area (Å²) < 4.78 is 23.6. The minimum atomic E-state index is -0.210. The molecule has 1 aliphatic carbocycles. The number of aliphatic hydroxyl groups excluding tert-OH is 1. The standard InChI is InChI=1S/C25H26N2O7/c1-26(7-8-28)5-4-6-27-23-15-10-20-21(34-13-33-20)11-16(15)24(29)22(23)14-9-18(31-2)19(32-3)12-17(14)25(27)30/h9-12,28H,4-8,13H2,1-3H3. The first-order valence-corrected chi connectivity index (χ1v) is 11.1. The second-order valence-electron chi connectivity index (χ2n) is 8.39. The van der Waals surface area contributed by atoms with Gasteiger partial charge in [-0.1, -0.05) is 0 Å². The number of carbonyl (C=O) groups is 1. The zero-order chi connectivity index (χ0) is 24.0. The molecule has 3 aromatic rings. The van der Waals surface area contributed by atoms with E-state index < -0.39 is 0 Å². The molecule has 34 heavy (non-hydrogen) atoms. The van der Waals surface area contributed by atoms with E-state index in [-0.39, 0.29) is 24.7 Å². The van der Waals surface area contributed by atoms with Crippen LogP contribution in [-0.4, -0.2) is 68.1 Å². The number of carbonyl (C=O) groups excluding carboxylic acids is 1. The Bertz CT molecular complexity index is 1360. The Morgan fingerprint density at radius 2 is 1.62 bits per heavy atom. The second kappa shape index (κ2) is 8.66. The number of ether oxygens (including phenoxy) is 4. The normalized spacial score (nSPS) is 13.5. The molecule has 1 aliphatic heterocycles. The lowest BCUT2D eigenvalue weighted by molar-refractivity contribution is 0.104. The van der Waals surface area contributed by atoms with Crippen molar-refractivity contribution in [1.82, 2.24) is 9.47 Å². The molecule has 2 aliphatic rings. The number of rotatable bonds is 8. The monoisotopic (exact) mass is 466 g/mol. The average molecular weight is 466 g/mol. The first kappa shape index (κ1) is 22.2. The van der Waals surface area contributed by atoms with Gasteiger partial charge in [0, 0.05) is 29.6 Å². The van der Waals surface area contributed by atoms with Crippen LogP contribution in [-0.2, 0) is 6.54 Å². The van der Waals surface area contributed by atoms with Crippen LogP contribution in [0.4, 0.5) is 0 Å². The fourth-order valence-electron chi connectivity index (χ4n) is 4.74. The van der Waals surface area contributed by atoms with Crippen LogP contribution in [0.5, 0.6) is 23.0 Å². The predicted octanol–water partition coefficient (Wildman–Crippen LogP) is 2.27. The summed E-state index contributed by atoms with van der Waals surface area (Å²) in [5, 5.41) is 10.1. The number of hydrogen-bond acceptors (Lipinski definition) is 8. The molecule has 2 heterocycles. The van der Waals surface area contributed by atoms with Crippen LogP contribution in [0, 0.1) is 0 Å². The molecular formula is C25H26N2O7. The zero-order valence-electron chi connectivity index (χ0n) is 19.3. The Morgan fingerprint density at radius 3 is 2.26 bits per heavy atom. The van der Waals surface area contributed by atoms with Gasteiger partial charge in [-0.05, 0) is 44.3 Å². The molecule has 2 aromatic carbocycles. The van der Waals surface area contributed by atoms with E-state index in [1.165, 1.54) is 14.2 Å². The predicted molar refractivity (Wildman–Crippen MR) is 126 cm³/mol. The van der Waals surface area contributed by atoms with Crippen molar-refractivity contribution in [3.8, 4) is 34.3 Å². The van der Waals surface area contributed by atoms with E-state index in [4.69, 9.17) is 18.9 Å². The van der Waals surface area contributed by atoms with E-state index >= 15 is 0 Å². The molecule has 9 nitrogen and oxygen atoms in total. The number of nitrogens with zero attached hydrogens (tertiary/aromatic N) is 2. The minimum absolute atomic E-state index is 0.0680. The summed E-state index contributed by atoms with van der Waals surface area (Å²) in [5.41, 5.74) is 1.96. The summed E-state index contributed by atoms with van der Waals surface area (Å²) in [7, 11) is 4.94. The van der Waals surface area contributed by atoms with Gasteiger partial charge in [-0.25, -0.2) is 0 Å². The number of pyridine rings is 1. The number of fused-ring (bicyclic) bond motifs is 6. The lowest BCUT2D eigenvalue weighted by Crippen LogP contribution is -2.27. The van der Waals surface area contributed by atoms with Gasteiger partial charge in [0.15, 0.2) is 28.8 Å². The number of aliphatic hydroxyl groups is 1. The van der Waals surface area contributed by atoms with Crippen LogP contribution in [0.2, 0.25) is 0 Å². The molecule has 0 spiro atoms. The van der Waals surface area contributed by atoms with Crippen molar-refractivity contribution in [3.05, 3.63) is 45.7 Å². The molecule has 1 aromatic heterocycles. The van der Waals surface area contributed by atoms with Gasteiger partial charge in [0.25, 0.3) is 5.56 Å². The summed E-state index contributed by atoms with van der Waals surface area (Å²) in [4.78, 5) is 29.4. The summed E-state index contributed by atoms with van der Waals surface area (Å²) in [6.45, 7) is 1.80. The van der Waals surface area contributed by atoms with Gasteiger partial charge in [-0.3, -0.25) is 9.59 Å². The first-order valence-electron chi connectivity index (χ1n) is 11.1. The summed E-state index contributed by atoms with van der Waals surface area (Å²) in [6.07, 6.45) is 0.662. The first-order chi connectivity index (χ1) is 16.5. The molecule has 0 fully saturated rings. The number of hydrogen-bond donors (Lipinski definition) is 1. The van der Waals surface area contributed by atoms with Crippen LogP contribution in [0.15, 0.2) is 29.1 Å². The summed E-state index contributed by atoms with van der Waals surface area (Å²) in [6, 6.07) is 6.80. The highest BCUT2D eigenvalue weighted by atomic mass is 16.7. The van der Waals surface area contributed by atoms with E-state index in [0.29, 0.717) is 82.2 Å². The Kier molecular flexibility index (Phi) is 5.66. The van der Waals surface area contributed by atoms with Crippen LogP contribution in [0.25, 0.3) is 22.0 Å².